The van der Waals surface area contributed by atoms with Gasteiger partial charge in [-0.15, -0.1) is 0 Å². The van der Waals surface area contributed by atoms with Crippen LogP contribution in [0.5, 0.6) is 0 Å². The second-order valence-electron chi connectivity index (χ2n) is 3.89. The van der Waals surface area contributed by atoms with Gasteiger partial charge in [0.05, 0.1) is 0 Å². The predicted molar refractivity (Wildman–Crippen MR) is 77.6 cm³/mol. The first-order valence-electron chi connectivity index (χ1n) is 5.35. The van der Waals surface area contributed by atoms with Gasteiger partial charge in [0.15, 0.2) is 10.9 Å². The minimum absolute atomic E-state index is 0.120. The Labute approximate surface area is 131 Å². The number of hydrogen-bond donors (Lipinski definition) is 0. The molecule has 4 nitrogen and oxygen atoms in total. The summed E-state index contributed by atoms with van der Waals surface area (Å²) in [4.78, 5) is 0. The molecule has 0 aliphatic heterocycles. The summed E-state index contributed by atoms with van der Waals surface area (Å²) in [6, 6.07) is 8.32. The van der Waals surface area contributed by atoms with Crippen molar-refractivity contribution in [1.82, 2.24) is 0 Å². The van der Waals surface area contributed by atoms with E-state index < -0.39 is 19.6 Å². The van der Waals surface area contributed by atoms with Crippen LogP contribution in [0.15, 0.2) is 47.6 Å². The van der Waals surface area contributed by atoms with Gasteiger partial charge in [0.25, 0.3) is 9.84 Å². The first-order chi connectivity index (χ1) is 9.34. The summed E-state index contributed by atoms with van der Waals surface area (Å²) in [5.41, 5.74) is 0.168. The molecule has 0 saturated heterocycles. The van der Waals surface area contributed by atoms with Crippen molar-refractivity contribution in [3.63, 3.8) is 0 Å². The van der Waals surface area contributed by atoms with Crippen LogP contribution in [-0.4, -0.2) is 8.42 Å². The fraction of sp³-hybridized carbons (Fsp3) is 0.0833. The number of alkyl halides is 1. The molecule has 0 bridgehead atoms. The molecule has 1 unspecified atom stereocenters. The number of sulfone groups is 1. The lowest BCUT2D eigenvalue weighted by atomic mass is 10.2. The van der Waals surface area contributed by atoms with E-state index in [1.165, 1.54) is 36.4 Å². The molecular formula is C12H8Cl3NO3S. The highest BCUT2D eigenvalue weighted by Gasteiger charge is 2.34. The molecule has 20 heavy (non-hydrogen) atoms. The van der Waals surface area contributed by atoms with Crippen molar-refractivity contribution in [3.05, 3.63) is 63.4 Å². The van der Waals surface area contributed by atoms with Crippen molar-refractivity contribution in [3.8, 4) is 0 Å². The van der Waals surface area contributed by atoms with Crippen molar-refractivity contribution in [2.75, 3.05) is 0 Å². The summed E-state index contributed by atoms with van der Waals surface area (Å²) in [6.45, 7) is 0. The maximum absolute atomic E-state index is 12.3. The molecule has 0 aliphatic rings. The predicted octanol–water partition coefficient (Wildman–Crippen LogP) is 3.34. The number of nitrogens with zero attached hydrogens (tertiary/aromatic N) is 1. The zero-order valence-corrected chi connectivity index (χ0v) is 12.9. The number of hydrogen-bond acceptors (Lipinski definition) is 3. The van der Waals surface area contributed by atoms with Crippen molar-refractivity contribution in [2.24, 2.45) is 0 Å². The van der Waals surface area contributed by atoms with Gasteiger partial charge in [0, 0.05) is 27.7 Å². The Morgan fingerprint density at radius 3 is 2.45 bits per heavy atom. The zero-order valence-electron chi connectivity index (χ0n) is 9.83. The highest BCUT2D eigenvalue weighted by atomic mass is 35.5. The van der Waals surface area contributed by atoms with Gasteiger partial charge in [-0.25, -0.2) is 8.42 Å². The second-order valence-corrected chi connectivity index (χ2v) is 7.41. The summed E-state index contributed by atoms with van der Waals surface area (Å²) in [7, 11) is -4.07. The smallest absolute Gasteiger partial charge is 0.310 e. The third-order valence-electron chi connectivity index (χ3n) is 2.56. The molecule has 0 N–H and O–H groups in total. The van der Waals surface area contributed by atoms with Crippen LogP contribution in [0.4, 0.5) is 0 Å². The number of rotatable bonds is 3. The summed E-state index contributed by atoms with van der Waals surface area (Å²) in [5, 5.41) is 11.6. The molecule has 106 valence electrons. The Kier molecular flexibility index (Phi) is 4.44. The van der Waals surface area contributed by atoms with Gasteiger partial charge in [0.2, 0.25) is 0 Å². The van der Waals surface area contributed by atoms with Gasteiger partial charge in [-0.2, -0.15) is 4.73 Å². The topological polar surface area (TPSA) is 61.1 Å². The molecule has 2 aromatic rings. The van der Waals surface area contributed by atoms with Crippen LogP contribution in [0.3, 0.4) is 0 Å². The summed E-state index contributed by atoms with van der Waals surface area (Å²) >= 11 is 17.7. The van der Waals surface area contributed by atoms with Gasteiger partial charge >= 0.3 is 5.03 Å². The highest BCUT2D eigenvalue weighted by molar-refractivity contribution is 7.92. The summed E-state index contributed by atoms with van der Waals surface area (Å²) < 4.78 is 23.5. The molecule has 8 heteroatoms. The van der Waals surface area contributed by atoms with Gasteiger partial charge in [-0.3, -0.25) is 0 Å². The Morgan fingerprint density at radius 2 is 1.85 bits per heavy atom. The van der Waals surface area contributed by atoms with Crippen LogP contribution in [0.2, 0.25) is 10.0 Å². The maximum atomic E-state index is 12.3. The molecule has 0 saturated carbocycles. The largest absolute Gasteiger partial charge is 0.618 e. The first kappa shape index (κ1) is 15.4. The van der Waals surface area contributed by atoms with Crippen LogP contribution >= 0.6 is 34.8 Å². The fourth-order valence-electron chi connectivity index (χ4n) is 1.59. The van der Waals surface area contributed by atoms with E-state index >= 15 is 0 Å². The van der Waals surface area contributed by atoms with Crippen molar-refractivity contribution < 1.29 is 13.1 Å². The van der Waals surface area contributed by atoms with Crippen LogP contribution in [-0.2, 0) is 9.84 Å². The standard InChI is InChI=1S/C12H8Cl3NO3S/c13-8-4-5-9(10(14)7-8)12(15)20(18,19)11-3-1-2-6-16(11)17/h1-7,12H. The van der Waals surface area contributed by atoms with E-state index in [1.54, 1.807) is 0 Å². The number of benzene rings is 1. The highest BCUT2D eigenvalue weighted by Crippen LogP contribution is 2.36. The third-order valence-corrected chi connectivity index (χ3v) is 5.76. The van der Waals surface area contributed by atoms with Crippen LogP contribution in [0.25, 0.3) is 0 Å². The Balaban J connectivity index is 2.52. The molecule has 0 fully saturated rings. The SMILES string of the molecule is O=S(=O)(c1cccc[n+]1[O-])C(Cl)c1ccc(Cl)cc1Cl. The lowest BCUT2D eigenvalue weighted by Gasteiger charge is -2.12. The minimum atomic E-state index is -4.07. The average molecular weight is 353 g/mol. The second kappa shape index (κ2) is 5.77. The van der Waals surface area contributed by atoms with E-state index in [-0.39, 0.29) is 15.3 Å². The number of halogens is 3. The van der Waals surface area contributed by atoms with Crippen molar-refractivity contribution in [2.45, 2.75) is 9.74 Å². The van der Waals surface area contributed by atoms with E-state index in [0.29, 0.717) is 5.02 Å². The van der Waals surface area contributed by atoms with Crippen LogP contribution in [0, 0.1) is 5.21 Å². The Hall–Kier alpha value is -1.01. The molecule has 0 amide bonds. The van der Waals surface area contributed by atoms with Gasteiger partial charge in [-0.05, 0) is 18.2 Å². The number of pyridine rings is 1. The van der Waals surface area contributed by atoms with E-state index in [2.05, 4.69) is 0 Å². The van der Waals surface area contributed by atoms with E-state index in [0.717, 1.165) is 6.20 Å². The summed E-state index contributed by atoms with van der Waals surface area (Å²) in [5.74, 6) is 0. The molecule has 1 aromatic carbocycles. The average Bonchev–Trinajstić information content (AvgIpc) is 2.38. The summed E-state index contributed by atoms with van der Waals surface area (Å²) in [6.07, 6.45) is 1.08. The van der Waals surface area contributed by atoms with Gasteiger partial charge in [0.1, 0.15) is 0 Å². The Morgan fingerprint density at radius 1 is 1.15 bits per heavy atom. The molecular weight excluding hydrogens is 345 g/mol. The normalized spacial score (nSPS) is 13.2. The van der Waals surface area contributed by atoms with Crippen LogP contribution < -0.4 is 4.73 Å². The zero-order chi connectivity index (χ0) is 14.9. The third kappa shape index (κ3) is 2.86. The van der Waals surface area contributed by atoms with Crippen LogP contribution in [0.1, 0.15) is 10.3 Å². The van der Waals surface area contributed by atoms with Gasteiger partial charge < -0.3 is 5.21 Å². The molecule has 2 rings (SSSR count). The maximum Gasteiger partial charge on any atom is 0.310 e. The Bertz CT molecular complexity index is 749. The first-order valence-corrected chi connectivity index (χ1v) is 8.09. The quantitative estimate of drug-likeness (QED) is 0.483. The molecule has 0 spiro atoms. The molecule has 1 aromatic heterocycles. The molecule has 1 heterocycles. The van der Waals surface area contributed by atoms with E-state index in [9.17, 15) is 13.6 Å². The van der Waals surface area contributed by atoms with E-state index in [4.69, 9.17) is 34.8 Å². The van der Waals surface area contributed by atoms with Crippen molar-refractivity contribution in [1.29, 1.82) is 0 Å². The molecule has 0 aliphatic carbocycles. The molecule has 1 atom stereocenters. The minimum Gasteiger partial charge on any atom is -0.618 e. The lowest BCUT2D eigenvalue weighted by Crippen LogP contribution is -2.34. The lowest BCUT2D eigenvalue weighted by molar-refractivity contribution is -0.646. The fourth-order valence-corrected chi connectivity index (χ4v) is 4.03. The van der Waals surface area contributed by atoms with E-state index in [1.807, 2.05) is 0 Å². The number of aromatic nitrogens is 1. The monoisotopic (exact) mass is 351 g/mol. The van der Waals surface area contributed by atoms with Gasteiger partial charge in [-0.1, -0.05) is 40.9 Å². The van der Waals surface area contributed by atoms with Crippen molar-refractivity contribution >= 4 is 44.6 Å². The molecule has 0 radical (unpaired) electrons.